The van der Waals surface area contributed by atoms with Gasteiger partial charge < -0.3 is 12.4 Å². The Labute approximate surface area is 66.0 Å². The van der Waals surface area contributed by atoms with Gasteiger partial charge in [-0.2, -0.15) is 5.10 Å². The second kappa shape index (κ2) is 3.50. The lowest BCUT2D eigenvalue weighted by Gasteiger charge is -1.43. The fourth-order valence-corrected chi connectivity index (χ4v) is 0.923. The van der Waals surface area contributed by atoms with Crippen LogP contribution in [0.1, 0.15) is 0 Å². The van der Waals surface area contributed by atoms with Crippen LogP contribution >= 0.6 is 23.6 Å². The number of nitrogens with zero attached hydrogens (tertiary/aromatic N) is 3. The molecular formula is C2HClN4S2. The molecule has 1 heterocycles. The first kappa shape index (κ1) is 8.49. The Morgan fingerprint density at radius 1 is 1.78 bits per heavy atom. The number of halogens is 1. The van der Waals surface area contributed by atoms with Gasteiger partial charge in [-0.3, -0.25) is 0 Å². The van der Waals surface area contributed by atoms with Crippen LogP contribution < -0.4 is 12.4 Å². The molecule has 0 aromatic carbocycles. The van der Waals surface area contributed by atoms with Crippen molar-refractivity contribution in [1.29, 1.82) is 5.39 Å². The maximum Gasteiger partial charge on any atom is 0.547 e. The quantitative estimate of drug-likeness (QED) is 0.399. The minimum Gasteiger partial charge on any atom is -1.00 e. The van der Waals surface area contributed by atoms with Crippen molar-refractivity contribution in [2.45, 2.75) is 0 Å². The molecule has 0 radical (unpaired) electrons. The molecule has 0 saturated carbocycles. The topological polar surface area (TPSA) is 56.8 Å². The monoisotopic (exact) mass is 180 g/mol. The summed E-state index contributed by atoms with van der Waals surface area (Å²) in [4.78, 5) is 2.80. The highest BCUT2D eigenvalue weighted by atomic mass is 35.5. The second-order valence-corrected chi connectivity index (χ2v) is 2.64. The van der Waals surface area contributed by atoms with E-state index in [1.54, 1.807) is 0 Å². The summed E-state index contributed by atoms with van der Waals surface area (Å²) in [5.41, 5.74) is 0. The first-order chi connectivity index (χ1) is 3.83. The zero-order valence-corrected chi connectivity index (χ0v) is 6.43. The van der Waals surface area contributed by atoms with Crippen molar-refractivity contribution in [3.05, 3.63) is 8.93 Å². The Hall–Kier alpha value is -0.510. The highest BCUT2D eigenvalue weighted by molar-refractivity contribution is 7.73. The number of aromatic nitrogens is 2. The SMILES string of the molecule is N#[N+]c1n[nH]c(=S)s1.[Cl-]. The van der Waals surface area contributed by atoms with Gasteiger partial charge in [0.2, 0.25) is 3.95 Å². The molecule has 0 aliphatic heterocycles. The molecule has 0 fully saturated rings. The summed E-state index contributed by atoms with van der Waals surface area (Å²) in [7, 11) is 0. The molecule has 0 unspecified atom stereocenters. The number of hydrogen-bond donors (Lipinski definition) is 1. The number of aromatic amines is 1. The van der Waals surface area contributed by atoms with E-state index in [2.05, 4.69) is 27.4 Å². The summed E-state index contributed by atoms with van der Waals surface area (Å²) in [6.07, 6.45) is 0. The Bertz CT molecular complexity index is 269. The van der Waals surface area contributed by atoms with Crippen molar-refractivity contribution < 1.29 is 12.4 Å². The van der Waals surface area contributed by atoms with Crippen LogP contribution in [0.3, 0.4) is 0 Å². The molecule has 0 amide bonds. The molecular weight excluding hydrogens is 180 g/mol. The lowest BCUT2D eigenvalue weighted by molar-refractivity contribution is -0.00000180. The average Bonchev–Trinajstić information content (AvgIpc) is 2.14. The zero-order chi connectivity index (χ0) is 5.98. The Morgan fingerprint density at radius 3 is 2.67 bits per heavy atom. The van der Waals surface area contributed by atoms with Gasteiger partial charge in [-0.25, -0.2) is 0 Å². The minimum atomic E-state index is 0. The van der Waals surface area contributed by atoms with Gasteiger partial charge in [0.1, 0.15) is 0 Å². The molecule has 7 heteroatoms. The number of rotatable bonds is 0. The van der Waals surface area contributed by atoms with Gasteiger partial charge in [-0.1, -0.05) is 0 Å². The van der Waals surface area contributed by atoms with Crippen molar-refractivity contribution in [3.63, 3.8) is 0 Å². The van der Waals surface area contributed by atoms with Crippen LogP contribution in [0.5, 0.6) is 0 Å². The first-order valence-corrected chi connectivity index (χ1v) is 2.96. The van der Waals surface area contributed by atoms with E-state index in [1.165, 1.54) is 0 Å². The van der Waals surface area contributed by atoms with Gasteiger partial charge in [0, 0.05) is 16.3 Å². The lowest BCUT2D eigenvalue weighted by Crippen LogP contribution is -3.00. The van der Waals surface area contributed by atoms with E-state index in [4.69, 9.17) is 5.39 Å². The van der Waals surface area contributed by atoms with Crippen LogP contribution in [0.15, 0.2) is 0 Å². The highest BCUT2D eigenvalue weighted by Gasteiger charge is 2.06. The van der Waals surface area contributed by atoms with E-state index in [9.17, 15) is 0 Å². The van der Waals surface area contributed by atoms with Gasteiger partial charge in [-0.15, -0.1) is 0 Å². The van der Waals surface area contributed by atoms with E-state index in [0.29, 0.717) is 3.95 Å². The molecule has 9 heavy (non-hydrogen) atoms. The van der Waals surface area contributed by atoms with E-state index < -0.39 is 0 Å². The third-order valence-electron chi connectivity index (χ3n) is 0.512. The third-order valence-corrected chi connectivity index (χ3v) is 1.49. The van der Waals surface area contributed by atoms with Crippen LogP contribution in [0.25, 0.3) is 4.98 Å². The van der Waals surface area contributed by atoms with Crippen molar-refractivity contribution in [2.24, 2.45) is 0 Å². The molecule has 1 aromatic rings. The summed E-state index contributed by atoms with van der Waals surface area (Å²) >= 11 is 5.75. The zero-order valence-electron chi connectivity index (χ0n) is 4.04. The van der Waals surface area contributed by atoms with Gasteiger partial charge in [-0.05, 0) is 12.2 Å². The van der Waals surface area contributed by atoms with E-state index in [0.717, 1.165) is 11.3 Å². The molecule has 0 atom stereocenters. The molecule has 4 nitrogen and oxygen atoms in total. The van der Waals surface area contributed by atoms with E-state index in [1.807, 2.05) is 0 Å². The van der Waals surface area contributed by atoms with Crippen LogP contribution in [-0.2, 0) is 0 Å². The molecule has 0 spiro atoms. The molecule has 1 aromatic heterocycles. The third kappa shape index (κ3) is 2.05. The highest BCUT2D eigenvalue weighted by Crippen LogP contribution is 2.13. The fourth-order valence-electron chi connectivity index (χ4n) is 0.265. The summed E-state index contributed by atoms with van der Waals surface area (Å²) in [6, 6.07) is 0. The second-order valence-electron chi connectivity index (χ2n) is 0.996. The van der Waals surface area contributed by atoms with E-state index in [-0.39, 0.29) is 17.5 Å². The standard InChI is InChI=1S/C2N4S2.ClH/c3-4-1-5-6-2(7)8-1;/h;1H. The number of hydrogen-bond acceptors (Lipinski definition) is 4. The van der Waals surface area contributed by atoms with Crippen LogP contribution in [-0.4, -0.2) is 10.2 Å². The molecule has 48 valence electrons. The first-order valence-electron chi connectivity index (χ1n) is 1.73. The summed E-state index contributed by atoms with van der Waals surface area (Å²) in [5.74, 6) is 0. The van der Waals surface area contributed by atoms with E-state index >= 15 is 0 Å². The van der Waals surface area contributed by atoms with Crippen molar-refractivity contribution in [3.8, 4) is 0 Å². The van der Waals surface area contributed by atoms with Crippen LogP contribution in [0.2, 0.25) is 0 Å². The van der Waals surface area contributed by atoms with Gasteiger partial charge in [0.05, 0.1) is 10.5 Å². The van der Waals surface area contributed by atoms with Gasteiger partial charge in [0.25, 0.3) is 0 Å². The number of H-pyrrole nitrogens is 1. The average molecular weight is 181 g/mol. The predicted molar refractivity (Wildman–Crippen MR) is 32.0 cm³/mol. The Balaban J connectivity index is 0.000000640. The lowest BCUT2D eigenvalue weighted by atomic mass is 11.3. The van der Waals surface area contributed by atoms with Crippen LogP contribution in [0.4, 0.5) is 5.13 Å². The van der Waals surface area contributed by atoms with Crippen molar-refractivity contribution >= 4 is 28.7 Å². The molecule has 0 bridgehead atoms. The largest absolute Gasteiger partial charge is 1.00 e. The Kier molecular flexibility index (Phi) is 3.30. The molecule has 1 N–H and O–H groups in total. The van der Waals surface area contributed by atoms with Crippen LogP contribution in [0, 0.1) is 9.35 Å². The minimum absolute atomic E-state index is 0. The summed E-state index contributed by atoms with van der Waals surface area (Å²) < 4.78 is 0.512. The van der Waals surface area contributed by atoms with Crippen molar-refractivity contribution in [1.82, 2.24) is 10.2 Å². The molecule has 0 saturated heterocycles. The predicted octanol–water partition coefficient (Wildman–Crippen LogP) is -1.31. The number of diazo groups is 1. The maximum absolute atomic E-state index is 8.06. The molecule has 1 rings (SSSR count). The summed E-state index contributed by atoms with van der Waals surface area (Å²) in [6.45, 7) is 0. The Morgan fingerprint density at radius 2 is 2.44 bits per heavy atom. The smallest absolute Gasteiger partial charge is 0.547 e. The summed E-state index contributed by atoms with van der Waals surface area (Å²) in [5, 5.41) is 14.3. The van der Waals surface area contributed by atoms with Gasteiger partial charge in [0.15, 0.2) is 0 Å². The normalized spacial score (nSPS) is 7.44. The fraction of sp³-hybridized carbons (Fsp3) is 0. The molecule has 0 aliphatic rings. The number of nitrogens with one attached hydrogen (secondary N) is 1. The molecule has 0 aliphatic carbocycles. The maximum atomic E-state index is 8.06. The van der Waals surface area contributed by atoms with Gasteiger partial charge >= 0.3 is 5.13 Å². The van der Waals surface area contributed by atoms with Crippen molar-refractivity contribution in [2.75, 3.05) is 0 Å².